The van der Waals surface area contributed by atoms with Gasteiger partial charge in [0.2, 0.25) is 0 Å². The quantitative estimate of drug-likeness (QED) is 0.820. The highest BCUT2D eigenvalue weighted by Crippen LogP contribution is 2.22. The summed E-state index contributed by atoms with van der Waals surface area (Å²) in [4.78, 5) is 4.01. The van der Waals surface area contributed by atoms with Gasteiger partial charge in [-0.1, -0.05) is 11.6 Å². The lowest BCUT2D eigenvalue weighted by molar-refractivity contribution is 0.630. The average molecular weight is 227 g/mol. The maximum Gasteiger partial charge on any atom is 0.184 e. The molecule has 2 rings (SSSR count). The van der Waals surface area contributed by atoms with Gasteiger partial charge in [0.05, 0.1) is 12.1 Å². The Hall–Kier alpha value is -1.46. The molecule has 78 valence electrons. The third-order valence-electron chi connectivity index (χ3n) is 1.89. The van der Waals surface area contributed by atoms with Crippen LogP contribution < -0.4 is 5.73 Å². The summed E-state index contributed by atoms with van der Waals surface area (Å²) in [6, 6.07) is 4.22. The van der Waals surface area contributed by atoms with Crippen LogP contribution in [0.15, 0.2) is 18.2 Å². The van der Waals surface area contributed by atoms with Crippen LogP contribution in [0.4, 0.5) is 4.39 Å². The van der Waals surface area contributed by atoms with E-state index < -0.39 is 5.82 Å². The third-order valence-corrected chi connectivity index (χ3v) is 2.13. The van der Waals surface area contributed by atoms with Gasteiger partial charge in [-0.2, -0.15) is 5.10 Å². The predicted molar refractivity (Wildman–Crippen MR) is 54.7 cm³/mol. The largest absolute Gasteiger partial charge is 0.324 e. The zero-order chi connectivity index (χ0) is 10.8. The SMILES string of the molecule is NCc1nc(-c2cc(Cl)ccc2F)n[nH]1. The van der Waals surface area contributed by atoms with Gasteiger partial charge < -0.3 is 5.73 Å². The van der Waals surface area contributed by atoms with Crippen molar-refractivity contribution in [2.45, 2.75) is 6.54 Å². The number of hydrogen-bond acceptors (Lipinski definition) is 3. The Morgan fingerprint density at radius 3 is 2.93 bits per heavy atom. The summed E-state index contributed by atoms with van der Waals surface area (Å²) in [5, 5.41) is 6.88. The van der Waals surface area contributed by atoms with E-state index >= 15 is 0 Å². The maximum atomic E-state index is 13.4. The molecule has 1 aromatic carbocycles. The fraction of sp³-hybridized carbons (Fsp3) is 0.111. The van der Waals surface area contributed by atoms with Gasteiger partial charge in [0.25, 0.3) is 0 Å². The molecule has 0 saturated heterocycles. The Morgan fingerprint density at radius 2 is 2.27 bits per heavy atom. The highest BCUT2D eigenvalue weighted by molar-refractivity contribution is 6.30. The minimum Gasteiger partial charge on any atom is -0.324 e. The lowest BCUT2D eigenvalue weighted by atomic mass is 10.2. The van der Waals surface area contributed by atoms with Crippen LogP contribution in [0, 0.1) is 5.82 Å². The molecule has 0 atom stereocenters. The Balaban J connectivity index is 2.48. The molecule has 0 radical (unpaired) electrons. The van der Waals surface area contributed by atoms with E-state index in [4.69, 9.17) is 17.3 Å². The number of aromatic nitrogens is 3. The number of nitrogens with zero attached hydrogens (tertiary/aromatic N) is 2. The number of H-pyrrole nitrogens is 1. The minimum atomic E-state index is -0.415. The van der Waals surface area contributed by atoms with Crippen molar-refractivity contribution in [3.63, 3.8) is 0 Å². The molecular weight excluding hydrogens is 219 g/mol. The van der Waals surface area contributed by atoms with Crippen LogP contribution in [-0.2, 0) is 6.54 Å². The van der Waals surface area contributed by atoms with Crippen LogP contribution in [0.25, 0.3) is 11.4 Å². The summed E-state index contributed by atoms with van der Waals surface area (Å²) >= 11 is 5.75. The summed E-state index contributed by atoms with van der Waals surface area (Å²) in [5.74, 6) is 0.349. The number of benzene rings is 1. The fourth-order valence-corrected chi connectivity index (χ4v) is 1.35. The van der Waals surface area contributed by atoms with Crippen molar-refractivity contribution in [3.05, 3.63) is 34.9 Å². The number of nitrogens with one attached hydrogen (secondary N) is 1. The van der Waals surface area contributed by atoms with Crippen LogP contribution in [0.5, 0.6) is 0 Å². The lowest BCUT2D eigenvalue weighted by Crippen LogP contribution is -1.98. The molecule has 0 unspecified atom stereocenters. The normalized spacial score (nSPS) is 10.6. The first-order valence-corrected chi connectivity index (χ1v) is 4.65. The highest BCUT2D eigenvalue weighted by atomic mass is 35.5. The molecule has 2 aromatic rings. The fourth-order valence-electron chi connectivity index (χ4n) is 1.18. The smallest absolute Gasteiger partial charge is 0.184 e. The molecule has 0 fully saturated rings. The molecule has 3 N–H and O–H groups in total. The summed E-state index contributed by atoms with van der Waals surface area (Å²) in [7, 11) is 0. The highest BCUT2D eigenvalue weighted by Gasteiger charge is 2.10. The van der Waals surface area contributed by atoms with Crippen molar-refractivity contribution >= 4 is 11.6 Å². The van der Waals surface area contributed by atoms with Crippen LogP contribution in [-0.4, -0.2) is 15.2 Å². The van der Waals surface area contributed by atoms with Crippen LogP contribution >= 0.6 is 11.6 Å². The van der Waals surface area contributed by atoms with E-state index in [1.54, 1.807) is 0 Å². The second-order valence-corrected chi connectivity index (χ2v) is 3.37. The number of hydrogen-bond donors (Lipinski definition) is 2. The zero-order valence-electron chi connectivity index (χ0n) is 7.67. The summed E-state index contributed by atoms with van der Waals surface area (Å²) < 4.78 is 13.4. The molecular formula is C9H8ClFN4. The van der Waals surface area contributed by atoms with E-state index in [1.807, 2.05) is 0 Å². The number of halogens is 2. The average Bonchev–Trinajstić information content (AvgIpc) is 2.70. The molecule has 0 bridgehead atoms. The molecule has 0 aliphatic rings. The number of rotatable bonds is 2. The van der Waals surface area contributed by atoms with E-state index in [0.717, 1.165) is 0 Å². The predicted octanol–water partition coefficient (Wildman–Crippen LogP) is 1.72. The third kappa shape index (κ3) is 1.98. The molecule has 4 nitrogen and oxygen atoms in total. The Morgan fingerprint density at radius 1 is 1.47 bits per heavy atom. The lowest BCUT2D eigenvalue weighted by Gasteiger charge is -1.97. The second kappa shape index (κ2) is 3.96. The van der Waals surface area contributed by atoms with E-state index in [0.29, 0.717) is 10.8 Å². The first kappa shape index (κ1) is 10.1. The monoisotopic (exact) mass is 226 g/mol. The van der Waals surface area contributed by atoms with Crippen molar-refractivity contribution in [1.82, 2.24) is 15.2 Å². The van der Waals surface area contributed by atoms with Crippen molar-refractivity contribution in [3.8, 4) is 11.4 Å². The molecule has 0 saturated carbocycles. The topological polar surface area (TPSA) is 67.6 Å². The van der Waals surface area contributed by atoms with Crippen molar-refractivity contribution in [1.29, 1.82) is 0 Å². The van der Waals surface area contributed by atoms with E-state index in [9.17, 15) is 4.39 Å². The maximum absolute atomic E-state index is 13.4. The Kier molecular flexibility index (Phi) is 2.66. The second-order valence-electron chi connectivity index (χ2n) is 2.93. The number of nitrogens with two attached hydrogens (primary N) is 1. The number of aromatic amines is 1. The van der Waals surface area contributed by atoms with E-state index in [2.05, 4.69) is 15.2 Å². The zero-order valence-corrected chi connectivity index (χ0v) is 8.42. The van der Waals surface area contributed by atoms with E-state index in [1.165, 1.54) is 18.2 Å². The first-order valence-electron chi connectivity index (χ1n) is 4.27. The van der Waals surface area contributed by atoms with Crippen molar-refractivity contribution < 1.29 is 4.39 Å². The summed E-state index contributed by atoms with van der Waals surface area (Å²) in [5.41, 5.74) is 5.62. The molecule has 1 aromatic heterocycles. The first-order chi connectivity index (χ1) is 7.20. The van der Waals surface area contributed by atoms with Gasteiger partial charge >= 0.3 is 0 Å². The van der Waals surface area contributed by atoms with E-state index in [-0.39, 0.29) is 17.9 Å². The molecule has 6 heteroatoms. The Bertz CT molecular complexity index is 483. The molecule has 0 amide bonds. The van der Waals surface area contributed by atoms with Crippen LogP contribution in [0.3, 0.4) is 0 Å². The van der Waals surface area contributed by atoms with Gasteiger partial charge in [-0.3, -0.25) is 5.10 Å². The van der Waals surface area contributed by atoms with Gasteiger partial charge in [0.15, 0.2) is 5.82 Å². The Labute approximate surface area is 90.3 Å². The van der Waals surface area contributed by atoms with Gasteiger partial charge in [0.1, 0.15) is 11.6 Å². The molecule has 0 aliphatic heterocycles. The molecule has 0 spiro atoms. The van der Waals surface area contributed by atoms with Gasteiger partial charge in [-0.25, -0.2) is 9.37 Å². The minimum absolute atomic E-state index is 0.231. The van der Waals surface area contributed by atoms with Crippen molar-refractivity contribution in [2.75, 3.05) is 0 Å². The molecule has 1 heterocycles. The summed E-state index contributed by atoms with van der Waals surface area (Å²) in [6.45, 7) is 0.231. The van der Waals surface area contributed by atoms with Gasteiger partial charge in [-0.05, 0) is 18.2 Å². The van der Waals surface area contributed by atoms with Crippen LogP contribution in [0.2, 0.25) is 5.02 Å². The molecule has 0 aliphatic carbocycles. The van der Waals surface area contributed by atoms with Gasteiger partial charge in [-0.15, -0.1) is 0 Å². The standard InChI is InChI=1S/C9H8ClFN4/c10-5-1-2-7(11)6(3-5)9-13-8(4-12)14-15-9/h1-3H,4,12H2,(H,13,14,15). The van der Waals surface area contributed by atoms with Gasteiger partial charge in [0, 0.05) is 5.02 Å². The van der Waals surface area contributed by atoms with Crippen molar-refractivity contribution in [2.24, 2.45) is 5.73 Å². The van der Waals surface area contributed by atoms with Crippen LogP contribution in [0.1, 0.15) is 5.82 Å². The summed E-state index contributed by atoms with van der Waals surface area (Å²) in [6.07, 6.45) is 0. The molecule has 15 heavy (non-hydrogen) atoms.